The molecule has 2 rings (SSSR count). The third-order valence-corrected chi connectivity index (χ3v) is 2.80. The zero-order valence-corrected chi connectivity index (χ0v) is 10.6. The summed E-state index contributed by atoms with van der Waals surface area (Å²) in [7, 11) is 1.82. The lowest BCUT2D eigenvalue weighted by Crippen LogP contribution is -2.22. The van der Waals surface area contributed by atoms with Gasteiger partial charge in [-0.3, -0.25) is 4.79 Å². The molecule has 1 amide bonds. The third-order valence-electron chi connectivity index (χ3n) is 2.80. The average Bonchev–Trinajstić information content (AvgIpc) is 2.46. The molecule has 0 aliphatic carbocycles. The standard InChI is InChI=1S/C15H15FN2O/c1-17-14-8-4-12(5-9-14)15(19)18-10-11-2-6-13(16)7-3-11/h2-9,17H,10H2,1H3,(H,18,19). The molecule has 98 valence electrons. The Labute approximate surface area is 111 Å². The Morgan fingerprint density at radius 2 is 1.68 bits per heavy atom. The van der Waals surface area contributed by atoms with Crippen molar-refractivity contribution in [2.24, 2.45) is 0 Å². The number of halogens is 1. The maximum atomic E-state index is 12.7. The van der Waals surface area contributed by atoms with E-state index in [1.165, 1.54) is 12.1 Å². The second-order valence-electron chi connectivity index (χ2n) is 4.14. The van der Waals surface area contributed by atoms with Gasteiger partial charge in [0.05, 0.1) is 0 Å². The van der Waals surface area contributed by atoms with E-state index >= 15 is 0 Å². The van der Waals surface area contributed by atoms with E-state index < -0.39 is 0 Å². The zero-order valence-electron chi connectivity index (χ0n) is 10.6. The van der Waals surface area contributed by atoms with Gasteiger partial charge in [0.1, 0.15) is 5.82 Å². The zero-order chi connectivity index (χ0) is 13.7. The summed E-state index contributed by atoms with van der Waals surface area (Å²) >= 11 is 0. The van der Waals surface area contributed by atoms with E-state index in [9.17, 15) is 9.18 Å². The minimum atomic E-state index is -0.280. The first-order valence-corrected chi connectivity index (χ1v) is 5.99. The fraction of sp³-hybridized carbons (Fsp3) is 0.133. The molecule has 0 bridgehead atoms. The molecule has 0 spiro atoms. The summed E-state index contributed by atoms with van der Waals surface area (Å²) < 4.78 is 12.7. The number of hydrogen-bond donors (Lipinski definition) is 2. The van der Waals surface area contributed by atoms with Crippen molar-refractivity contribution in [1.82, 2.24) is 5.32 Å². The minimum absolute atomic E-state index is 0.146. The molecule has 0 aliphatic heterocycles. The van der Waals surface area contributed by atoms with Crippen LogP contribution in [0.1, 0.15) is 15.9 Å². The normalized spacial score (nSPS) is 10.0. The Balaban J connectivity index is 1.95. The molecule has 2 aromatic rings. The van der Waals surface area contributed by atoms with E-state index in [1.54, 1.807) is 24.3 Å². The van der Waals surface area contributed by atoms with E-state index in [0.717, 1.165) is 11.3 Å². The summed E-state index contributed by atoms with van der Waals surface area (Å²) in [6, 6.07) is 13.3. The molecular weight excluding hydrogens is 243 g/mol. The van der Waals surface area contributed by atoms with Gasteiger partial charge in [0.15, 0.2) is 0 Å². The summed E-state index contributed by atoms with van der Waals surface area (Å²) in [6.07, 6.45) is 0. The van der Waals surface area contributed by atoms with Crippen molar-refractivity contribution in [3.05, 3.63) is 65.5 Å². The fourth-order valence-corrected chi connectivity index (χ4v) is 1.67. The number of carbonyl (C=O) groups excluding carboxylic acids is 1. The number of rotatable bonds is 4. The Morgan fingerprint density at radius 3 is 2.26 bits per heavy atom. The lowest BCUT2D eigenvalue weighted by Gasteiger charge is -2.06. The van der Waals surface area contributed by atoms with Crippen molar-refractivity contribution >= 4 is 11.6 Å². The number of hydrogen-bond acceptors (Lipinski definition) is 2. The van der Waals surface area contributed by atoms with E-state index in [2.05, 4.69) is 10.6 Å². The quantitative estimate of drug-likeness (QED) is 0.885. The van der Waals surface area contributed by atoms with Crippen LogP contribution in [0.15, 0.2) is 48.5 Å². The number of carbonyl (C=O) groups is 1. The Morgan fingerprint density at radius 1 is 1.05 bits per heavy atom. The number of nitrogens with one attached hydrogen (secondary N) is 2. The van der Waals surface area contributed by atoms with Crippen molar-refractivity contribution < 1.29 is 9.18 Å². The van der Waals surface area contributed by atoms with Crippen molar-refractivity contribution in [3.8, 4) is 0 Å². The van der Waals surface area contributed by atoms with Gasteiger partial charge in [0.2, 0.25) is 0 Å². The van der Waals surface area contributed by atoms with Crippen LogP contribution in [-0.4, -0.2) is 13.0 Å². The van der Waals surface area contributed by atoms with E-state index in [1.807, 2.05) is 19.2 Å². The lowest BCUT2D eigenvalue weighted by atomic mass is 10.1. The second kappa shape index (κ2) is 6.00. The Hall–Kier alpha value is -2.36. The average molecular weight is 258 g/mol. The first-order valence-electron chi connectivity index (χ1n) is 5.99. The highest BCUT2D eigenvalue weighted by Gasteiger charge is 2.04. The molecule has 0 heterocycles. The van der Waals surface area contributed by atoms with Crippen LogP contribution in [0.4, 0.5) is 10.1 Å². The van der Waals surface area contributed by atoms with Crippen LogP contribution in [0, 0.1) is 5.82 Å². The number of amides is 1. The molecule has 3 nitrogen and oxygen atoms in total. The van der Waals surface area contributed by atoms with Gasteiger partial charge in [0.25, 0.3) is 5.91 Å². The molecule has 0 atom stereocenters. The van der Waals surface area contributed by atoms with Crippen LogP contribution in [0.5, 0.6) is 0 Å². The summed E-state index contributed by atoms with van der Waals surface area (Å²) in [6.45, 7) is 0.382. The van der Waals surface area contributed by atoms with Crippen LogP contribution < -0.4 is 10.6 Å². The molecule has 2 aromatic carbocycles. The maximum absolute atomic E-state index is 12.7. The molecular formula is C15H15FN2O. The van der Waals surface area contributed by atoms with Crippen molar-refractivity contribution in [2.75, 3.05) is 12.4 Å². The number of benzene rings is 2. The summed E-state index contributed by atoms with van der Waals surface area (Å²) in [4.78, 5) is 11.9. The van der Waals surface area contributed by atoms with Gasteiger partial charge in [-0.15, -0.1) is 0 Å². The smallest absolute Gasteiger partial charge is 0.251 e. The molecule has 19 heavy (non-hydrogen) atoms. The summed E-state index contributed by atoms with van der Waals surface area (Å²) in [5.74, 6) is -0.426. The number of anilines is 1. The van der Waals surface area contributed by atoms with Gasteiger partial charge >= 0.3 is 0 Å². The van der Waals surface area contributed by atoms with Gasteiger partial charge in [-0.2, -0.15) is 0 Å². The molecule has 0 saturated carbocycles. The van der Waals surface area contributed by atoms with E-state index in [-0.39, 0.29) is 11.7 Å². The van der Waals surface area contributed by atoms with E-state index in [0.29, 0.717) is 12.1 Å². The molecule has 0 aromatic heterocycles. The Bertz CT molecular complexity index is 549. The van der Waals surface area contributed by atoms with Crippen LogP contribution in [0.2, 0.25) is 0 Å². The van der Waals surface area contributed by atoms with Gasteiger partial charge in [-0.05, 0) is 42.0 Å². The molecule has 0 aliphatic rings. The van der Waals surface area contributed by atoms with Crippen LogP contribution in [0.25, 0.3) is 0 Å². The summed E-state index contributed by atoms with van der Waals surface area (Å²) in [5.41, 5.74) is 2.41. The highest BCUT2D eigenvalue weighted by atomic mass is 19.1. The lowest BCUT2D eigenvalue weighted by molar-refractivity contribution is 0.0951. The highest BCUT2D eigenvalue weighted by Crippen LogP contribution is 2.09. The molecule has 0 saturated heterocycles. The maximum Gasteiger partial charge on any atom is 0.251 e. The van der Waals surface area contributed by atoms with Crippen molar-refractivity contribution in [1.29, 1.82) is 0 Å². The van der Waals surface area contributed by atoms with Crippen molar-refractivity contribution in [2.45, 2.75) is 6.54 Å². The molecule has 0 radical (unpaired) electrons. The first kappa shape index (κ1) is 13.1. The molecule has 0 fully saturated rings. The molecule has 4 heteroatoms. The van der Waals surface area contributed by atoms with Gasteiger partial charge in [-0.25, -0.2) is 4.39 Å². The second-order valence-corrected chi connectivity index (χ2v) is 4.14. The first-order chi connectivity index (χ1) is 9.19. The topological polar surface area (TPSA) is 41.1 Å². The van der Waals surface area contributed by atoms with Crippen LogP contribution >= 0.6 is 0 Å². The third kappa shape index (κ3) is 3.55. The van der Waals surface area contributed by atoms with Gasteiger partial charge in [-0.1, -0.05) is 12.1 Å². The summed E-state index contributed by atoms with van der Waals surface area (Å²) in [5, 5.41) is 5.78. The van der Waals surface area contributed by atoms with Crippen LogP contribution in [0.3, 0.4) is 0 Å². The minimum Gasteiger partial charge on any atom is -0.388 e. The predicted octanol–water partition coefficient (Wildman–Crippen LogP) is 2.80. The van der Waals surface area contributed by atoms with Crippen LogP contribution in [-0.2, 0) is 6.54 Å². The monoisotopic (exact) mass is 258 g/mol. The van der Waals surface area contributed by atoms with Crippen molar-refractivity contribution in [3.63, 3.8) is 0 Å². The SMILES string of the molecule is CNc1ccc(C(=O)NCc2ccc(F)cc2)cc1. The molecule has 0 unspecified atom stereocenters. The van der Waals surface area contributed by atoms with E-state index in [4.69, 9.17) is 0 Å². The predicted molar refractivity (Wildman–Crippen MR) is 73.6 cm³/mol. The van der Waals surface area contributed by atoms with Gasteiger partial charge < -0.3 is 10.6 Å². The fourth-order valence-electron chi connectivity index (χ4n) is 1.67. The highest BCUT2D eigenvalue weighted by molar-refractivity contribution is 5.94. The largest absolute Gasteiger partial charge is 0.388 e. The van der Waals surface area contributed by atoms with Gasteiger partial charge in [0, 0.05) is 24.8 Å². The molecule has 2 N–H and O–H groups in total. The Kier molecular flexibility index (Phi) is 4.13.